The second-order valence-corrected chi connectivity index (χ2v) is 10.6. The predicted molar refractivity (Wildman–Crippen MR) is 142 cm³/mol. The molecule has 1 aliphatic rings. The molecule has 0 spiro atoms. The van der Waals surface area contributed by atoms with Gasteiger partial charge < -0.3 is 5.32 Å². The van der Waals surface area contributed by atoms with Crippen molar-refractivity contribution in [2.24, 2.45) is 0 Å². The highest BCUT2D eigenvalue weighted by molar-refractivity contribution is 8.27. The molecular weight excluding hydrogens is 467 g/mol. The Balaban J connectivity index is 1.54. The molecule has 1 heterocycles. The number of rotatable bonds is 4. The van der Waals surface area contributed by atoms with Gasteiger partial charge in [0, 0.05) is 11.3 Å². The normalized spacial score (nSPS) is 15.2. The van der Waals surface area contributed by atoms with Crippen molar-refractivity contribution in [3.8, 4) is 0 Å². The molecule has 3 aromatic rings. The van der Waals surface area contributed by atoms with Crippen molar-refractivity contribution < 1.29 is 14.0 Å². The molecule has 0 radical (unpaired) electrons. The standard InChI is InChI=1S/C27H23FN2O2S2/c1-27(2,3)19-9-7-17(8-10-19)15-23-25(32)30(26(33)34-23)22-6-4-5-18(16-22)24(31)29-21-13-11-20(28)12-14-21/h4-16H,1-3H3,(H,29,31)/b23-15+. The first-order chi connectivity index (χ1) is 16.1. The van der Waals surface area contributed by atoms with Gasteiger partial charge in [-0.3, -0.25) is 14.5 Å². The maximum atomic E-state index is 13.2. The van der Waals surface area contributed by atoms with Gasteiger partial charge in [0.25, 0.3) is 11.8 Å². The summed E-state index contributed by atoms with van der Waals surface area (Å²) in [6, 6.07) is 20.3. The highest BCUT2D eigenvalue weighted by Crippen LogP contribution is 2.36. The average Bonchev–Trinajstić information content (AvgIpc) is 3.07. The second-order valence-electron chi connectivity index (χ2n) is 8.90. The van der Waals surface area contributed by atoms with Crippen LogP contribution in [-0.2, 0) is 10.2 Å². The number of thiocarbonyl (C=S) groups is 1. The lowest BCUT2D eigenvalue weighted by Gasteiger charge is -2.18. The van der Waals surface area contributed by atoms with Crippen LogP contribution < -0.4 is 10.2 Å². The lowest BCUT2D eigenvalue weighted by Crippen LogP contribution is -2.27. The lowest BCUT2D eigenvalue weighted by molar-refractivity contribution is -0.113. The number of nitrogens with one attached hydrogen (secondary N) is 1. The number of thioether (sulfide) groups is 1. The monoisotopic (exact) mass is 490 g/mol. The van der Waals surface area contributed by atoms with Gasteiger partial charge in [-0.1, -0.05) is 75.1 Å². The van der Waals surface area contributed by atoms with E-state index in [2.05, 4.69) is 38.2 Å². The number of halogens is 1. The number of benzene rings is 3. The summed E-state index contributed by atoms with van der Waals surface area (Å²) in [6.07, 6.45) is 1.83. The van der Waals surface area contributed by atoms with Gasteiger partial charge in [-0.2, -0.15) is 0 Å². The van der Waals surface area contributed by atoms with E-state index < -0.39 is 0 Å². The zero-order valence-electron chi connectivity index (χ0n) is 19.0. The molecule has 2 amide bonds. The van der Waals surface area contributed by atoms with E-state index in [4.69, 9.17) is 12.2 Å². The van der Waals surface area contributed by atoms with Gasteiger partial charge in [0.1, 0.15) is 5.82 Å². The summed E-state index contributed by atoms with van der Waals surface area (Å²) in [5.74, 6) is -0.980. The van der Waals surface area contributed by atoms with Crippen LogP contribution in [0, 0.1) is 5.82 Å². The molecule has 0 unspecified atom stereocenters. The van der Waals surface area contributed by atoms with Crippen molar-refractivity contribution >= 4 is 57.6 Å². The molecule has 1 aliphatic heterocycles. The van der Waals surface area contributed by atoms with Gasteiger partial charge in [-0.05, 0) is 65.1 Å². The lowest BCUT2D eigenvalue weighted by atomic mass is 9.87. The molecule has 0 aromatic heterocycles. The highest BCUT2D eigenvalue weighted by Gasteiger charge is 2.33. The van der Waals surface area contributed by atoms with Crippen LogP contribution in [-0.4, -0.2) is 16.1 Å². The minimum absolute atomic E-state index is 0.0516. The molecule has 0 bridgehead atoms. The van der Waals surface area contributed by atoms with Gasteiger partial charge in [-0.15, -0.1) is 0 Å². The molecule has 1 saturated heterocycles. The van der Waals surface area contributed by atoms with Crippen LogP contribution in [0.5, 0.6) is 0 Å². The van der Waals surface area contributed by atoms with Crippen molar-refractivity contribution in [1.82, 2.24) is 0 Å². The summed E-state index contributed by atoms with van der Waals surface area (Å²) < 4.78 is 13.5. The highest BCUT2D eigenvalue weighted by atomic mass is 32.2. The molecule has 0 atom stereocenters. The number of anilines is 2. The third kappa shape index (κ3) is 5.26. The third-order valence-electron chi connectivity index (χ3n) is 5.34. The van der Waals surface area contributed by atoms with Crippen molar-refractivity contribution in [2.75, 3.05) is 10.2 Å². The largest absolute Gasteiger partial charge is 0.322 e. The van der Waals surface area contributed by atoms with Gasteiger partial charge in [-0.25, -0.2) is 4.39 Å². The Morgan fingerprint density at radius 2 is 1.71 bits per heavy atom. The van der Waals surface area contributed by atoms with E-state index in [1.54, 1.807) is 24.3 Å². The fraction of sp³-hybridized carbons (Fsp3) is 0.148. The SMILES string of the molecule is CC(C)(C)c1ccc(/C=C2/SC(=S)N(c3cccc(C(=O)Nc4ccc(F)cc4)c3)C2=O)cc1. The number of carbonyl (C=O) groups is 2. The van der Waals surface area contributed by atoms with Crippen LogP contribution in [0.2, 0.25) is 0 Å². The molecular formula is C27H23FN2O2S2. The van der Waals surface area contributed by atoms with Crippen LogP contribution in [0.1, 0.15) is 42.3 Å². The van der Waals surface area contributed by atoms with Crippen LogP contribution in [0.4, 0.5) is 15.8 Å². The minimum atomic E-state index is -0.382. The molecule has 4 rings (SSSR count). The van der Waals surface area contributed by atoms with Gasteiger partial charge in [0.05, 0.1) is 10.6 Å². The second kappa shape index (κ2) is 9.52. The molecule has 172 valence electrons. The number of carbonyl (C=O) groups excluding carboxylic acids is 2. The Morgan fingerprint density at radius 3 is 2.35 bits per heavy atom. The molecule has 7 heteroatoms. The maximum absolute atomic E-state index is 13.2. The summed E-state index contributed by atoms with van der Waals surface area (Å²) in [7, 11) is 0. The zero-order chi connectivity index (χ0) is 24.5. The zero-order valence-corrected chi connectivity index (χ0v) is 20.6. The van der Waals surface area contributed by atoms with Crippen LogP contribution in [0.25, 0.3) is 6.08 Å². The van der Waals surface area contributed by atoms with Crippen LogP contribution >= 0.6 is 24.0 Å². The summed E-state index contributed by atoms with van der Waals surface area (Å²) in [5.41, 5.74) is 3.53. The van der Waals surface area contributed by atoms with Gasteiger partial charge >= 0.3 is 0 Å². The molecule has 3 aromatic carbocycles. The first-order valence-electron chi connectivity index (χ1n) is 10.7. The predicted octanol–water partition coefficient (Wildman–Crippen LogP) is 6.78. The van der Waals surface area contributed by atoms with Crippen LogP contribution in [0.15, 0.2) is 77.7 Å². The maximum Gasteiger partial charge on any atom is 0.270 e. The molecule has 0 aliphatic carbocycles. The Labute approximate surface area is 207 Å². The van der Waals surface area contributed by atoms with E-state index >= 15 is 0 Å². The Kier molecular flexibility index (Phi) is 6.68. The Morgan fingerprint density at radius 1 is 1.03 bits per heavy atom. The smallest absolute Gasteiger partial charge is 0.270 e. The summed E-state index contributed by atoms with van der Waals surface area (Å²) in [5, 5.41) is 2.72. The third-order valence-corrected chi connectivity index (χ3v) is 6.64. The van der Waals surface area contributed by atoms with Crippen molar-refractivity contribution in [1.29, 1.82) is 0 Å². The molecule has 4 nitrogen and oxygen atoms in total. The van der Waals surface area contributed by atoms with Gasteiger partial charge in [0.2, 0.25) is 0 Å². The molecule has 1 N–H and O–H groups in total. The number of hydrogen-bond donors (Lipinski definition) is 1. The van der Waals surface area contributed by atoms with Crippen molar-refractivity contribution in [2.45, 2.75) is 26.2 Å². The Hall–Kier alpha value is -3.29. The molecule has 0 saturated carbocycles. The van der Waals surface area contributed by atoms with Crippen LogP contribution in [0.3, 0.4) is 0 Å². The Bertz CT molecular complexity index is 1290. The topological polar surface area (TPSA) is 49.4 Å². The first kappa shape index (κ1) is 23.9. The number of hydrogen-bond acceptors (Lipinski definition) is 4. The van der Waals surface area contributed by atoms with Crippen molar-refractivity contribution in [3.63, 3.8) is 0 Å². The molecule has 1 fully saturated rings. The fourth-order valence-corrected chi connectivity index (χ4v) is 4.74. The minimum Gasteiger partial charge on any atom is -0.322 e. The fourth-order valence-electron chi connectivity index (χ4n) is 3.44. The number of amides is 2. The quantitative estimate of drug-likeness (QED) is 0.323. The molecule has 34 heavy (non-hydrogen) atoms. The van der Waals surface area contributed by atoms with E-state index in [-0.39, 0.29) is 23.0 Å². The average molecular weight is 491 g/mol. The van der Waals surface area contributed by atoms with E-state index in [9.17, 15) is 14.0 Å². The summed E-state index contributed by atoms with van der Waals surface area (Å²) in [4.78, 5) is 27.8. The van der Waals surface area contributed by atoms with E-state index in [1.807, 2.05) is 18.2 Å². The van der Waals surface area contributed by atoms with E-state index in [0.717, 1.165) is 5.56 Å². The van der Waals surface area contributed by atoms with E-state index in [1.165, 1.54) is 46.5 Å². The number of nitrogens with zero attached hydrogens (tertiary/aromatic N) is 1. The van der Waals surface area contributed by atoms with Gasteiger partial charge in [0.15, 0.2) is 4.32 Å². The van der Waals surface area contributed by atoms with Crippen molar-refractivity contribution in [3.05, 3.63) is 100 Å². The summed E-state index contributed by atoms with van der Waals surface area (Å²) >= 11 is 6.71. The first-order valence-corrected chi connectivity index (χ1v) is 11.9. The summed E-state index contributed by atoms with van der Waals surface area (Å²) in [6.45, 7) is 6.46. The van der Waals surface area contributed by atoms with E-state index in [0.29, 0.717) is 26.2 Å².